The number of ether oxygens (including phenoxy) is 1. The summed E-state index contributed by atoms with van der Waals surface area (Å²) in [4.78, 5) is 16.1. The first kappa shape index (κ1) is 10.7. The Kier molecular flexibility index (Phi) is 3.45. The van der Waals surface area contributed by atoms with Crippen molar-refractivity contribution in [1.29, 1.82) is 0 Å². The van der Waals surface area contributed by atoms with Gasteiger partial charge in [0.2, 0.25) is 0 Å². The number of ketones is 1. The van der Waals surface area contributed by atoms with Gasteiger partial charge in [0.05, 0.1) is 6.61 Å². The van der Waals surface area contributed by atoms with Gasteiger partial charge in [-0.15, -0.1) is 11.3 Å². The van der Waals surface area contributed by atoms with E-state index in [1.165, 1.54) is 11.3 Å². The van der Waals surface area contributed by atoms with E-state index in [0.29, 0.717) is 18.8 Å². The summed E-state index contributed by atoms with van der Waals surface area (Å²) in [5.74, 6) is 0.0946. The molecule has 0 aliphatic carbocycles. The van der Waals surface area contributed by atoms with Gasteiger partial charge in [-0.05, 0) is 12.8 Å². The number of aromatic nitrogens is 1. The Bertz CT molecular complexity index is 345. The van der Waals surface area contributed by atoms with Gasteiger partial charge in [0.25, 0.3) is 0 Å². The molecule has 0 radical (unpaired) electrons. The second kappa shape index (κ2) is 4.83. The van der Waals surface area contributed by atoms with Gasteiger partial charge in [0, 0.05) is 24.4 Å². The molecule has 2 heterocycles. The predicted octanol–water partition coefficient (Wildman–Crippen LogP) is 1.21. The fourth-order valence-electron chi connectivity index (χ4n) is 1.67. The Morgan fingerprint density at radius 2 is 2.60 bits per heavy atom. The Labute approximate surface area is 92.5 Å². The van der Waals surface area contributed by atoms with Gasteiger partial charge in [-0.3, -0.25) is 4.79 Å². The maximum Gasteiger partial charge on any atom is 0.187 e. The quantitative estimate of drug-likeness (QED) is 0.787. The summed E-state index contributed by atoms with van der Waals surface area (Å²) in [6.45, 7) is 1.71. The van der Waals surface area contributed by atoms with Crippen molar-refractivity contribution in [2.24, 2.45) is 11.7 Å². The lowest BCUT2D eigenvalue weighted by Crippen LogP contribution is -2.25. The third-order valence-electron chi connectivity index (χ3n) is 2.51. The highest BCUT2D eigenvalue weighted by Gasteiger charge is 2.24. The molecule has 1 aliphatic rings. The SMILES string of the molecule is NCc1nc(C(=O)C2CCCOC2)cs1. The monoisotopic (exact) mass is 226 g/mol. The lowest BCUT2D eigenvalue weighted by atomic mass is 9.96. The third-order valence-corrected chi connectivity index (χ3v) is 3.38. The highest BCUT2D eigenvalue weighted by Crippen LogP contribution is 2.20. The van der Waals surface area contributed by atoms with Crippen molar-refractivity contribution in [2.75, 3.05) is 13.2 Å². The van der Waals surface area contributed by atoms with Gasteiger partial charge >= 0.3 is 0 Å². The molecule has 1 aromatic heterocycles. The number of thiazole rings is 1. The molecule has 82 valence electrons. The van der Waals surface area contributed by atoms with Crippen molar-refractivity contribution in [2.45, 2.75) is 19.4 Å². The molecule has 4 nitrogen and oxygen atoms in total. The van der Waals surface area contributed by atoms with Crippen LogP contribution in [-0.4, -0.2) is 24.0 Å². The molecular weight excluding hydrogens is 212 g/mol. The van der Waals surface area contributed by atoms with Crippen LogP contribution in [0.1, 0.15) is 28.3 Å². The highest BCUT2D eigenvalue weighted by atomic mass is 32.1. The topological polar surface area (TPSA) is 65.2 Å². The van der Waals surface area contributed by atoms with E-state index < -0.39 is 0 Å². The van der Waals surface area contributed by atoms with E-state index in [2.05, 4.69) is 4.98 Å². The third kappa shape index (κ3) is 2.42. The zero-order valence-corrected chi connectivity index (χ0v) is 9.26. The minimum absolute atomic E-state index is 0.00789. The second-order valence-corrected chi connectivity index (χ2v) is 4.55. The molecule has 0 amide bonds. The van der Waals surface area contributed by atoms with Crippen LogP contribution in [0.5, 0.6) is 0 Å². The number of Topliss-reactive ketones (excluding diaryl/α,β-unsaturated/α-hetero) is 1. The Hall–Kier alpha value is -0.780. The second-order valence-electron chi connectivity index (χ2n) is 3.61. The van der Waals surface area contributed by atoms with Gasteiger partial charge in [0.15, 0.2) is 5.78 Å². The number of carbonyl (C=O) groups is 1. The van der Waals surface area contributed by atoms with Crippen LogP contribution in [0.3, 0.4) is 0 Å². The van der Waals surface area contributed by atoms with E-state index in [1.54, 1.807) is 5.38 Å². The van der Waals surface area contributed by atoms with E-state index >= 15 is 0 Å². The first-order valence-electron chi connectivity index (χ1n) is 5.07. The van der Waals surface area contributed by atoms with E-state index in [4.69, 9.17) is 10.5 Å². The minimum Gasteiger partial charge on any atom is -0.381 e. The number of hydrogen-bond donors (Lipinski definition) is 1. The maximum atomic E-state index is 12.0. The van der Waals surface area contributed by atoms with Crippen molar-refractivity contribution in [3.05, 3.63) is 16.1 Å². The molecule has 1 atom stereocenters. The van der Waals surface area contributed by atoms with Crippen molar-refractivity contribution in [3.8, 4) is 0 Å². The average molecular weight is 226 g/mol. The van der Waals surface area contributed by atoms with Crippen molar-refractivity contribution >= 4 is 17.1 Å². The summed E-state index contributed by atoms with van der Waals surface area (Å²) >= 11 is 1.44. The molecule has 5 heteroatoms. The number of hydrogen-bond acceptors (Lipinski definition) is 5. The molecule has 0 saturated carbocycles. The Morgan fingerprint density at radius 1 is 1.73 bits per heavy atom. The van der Waals surface area contributed by atoms with Crippen LogP contribution in [0.4, 0.5) is 0 Å². The van der Waals surface area contributed by atoms with Crippen LogP contribution >= 0.6 is 11.3 Å². The molecule has 1 aliphatic heterocycles. The normalized spacial score (nSPS) is 21.5. The summed E-state index contributed by atoms with van der Waals surface area (Å²) in [5, 5.41) is 2.61. The highest BCUT2D eigenvalue weighted by molar-refractivity contribution is 7.09. The zero-order valence-electron chi connectivity index (χ0n) is 8.44. The molecule has 0 aromatic carbocycles. The first-order valence-corrected chi connectivity index (χ1v) is 5.95. The van der Waals surface area contributed by atoms with Gasteiger partial charge < -0.3 is 10.5 Å². The molecule has 0 bridgehead atoms. The molecule has 0 spiro atoms. The van der Waals surface area contributed by atoms with Gasteiger partial charge in [-0.2, -0.15) is 0 Å². The lowest BCUT2D eigenvalue weighted by Gasteiger charge is -2.19. The van der Waals surface area contributed by atoms with Crippen LogP contribution in [0.25, 0.3) is 0 Å². The predicted molar refractivity (Wildman–Crippen MR) is 57.9 cm³/mol. The standard InChI is InChI=1S/C10H14N2O2S/c11-4-9-12-8(6-15-9)10(13)7-2-1-3-14-5-7/h6-7H,1-5,11H2. The lowest BCUT2D eigenvalue weighted by molar-refractivity contribution is 0.0458. The van der Waals surface area contributed by atoms with Gasteiger partial charge in [-0.25, -0.2) is 4.98 Å². The van der Waals surface area contributed by atoms with E-state index in [9.17, 15) is 4.79 Å². The van der Waals surface area contributed by atoms with Crippen molar-refractivity contribution < 1.29 is 9.53 Å². The Balaban J connectivity index is 2.05. The molecular formula is C10H14N2O2S. The summed E-state index contributed by atoms with van der Waals surface area (Å²) in [6.07, 6.45) is 1.87. The van der Waals surface area contributed by atoms with Crippen LogP contribution in [0, 0.1) is 5.92 Å². The molecule has 1 aromatic rings. The fourth-order valence-corrected chi connectivity index (χ4v) is 2.34. The first-order chi connectivity index (χ1) is 7.31. The van der Waals surface area contributed by atoms with Crippen LogP contribution in [0.2, 0.25) is 0 Å². The molecule has 1 saturated heterocycles. The molecule has 1 fully saturated rings. The number of carbonyl (C=O) groups excluding carboxylic acids is 1. The molecule has 1 unspecified atom stereocenters. The largest absolute Gasteiger partial charge is 0.381 e. The van der Waals surface area contributed by atoms with Crippen molar-refractivity contribution in [3.63, 3.8) is 0 Å². The number of nitrogens with zero attached hydrogens (tertiary/aromatic N) is 1. The number of rotatable bonds is 3. The molecule has 2 N–H and O–H groups in total. The van der Waals surface area contributed by atoms with Gasteiger partial charge in [0.1, 0.15) is 10.7 Å². The van der Waals surface area contributed by atoms with Crippen LogP contribution in [-0.2, 0) is 11.3 Å². The number of nitrogens with two attached hydrogens (primary N) is 1. The summed E-state index contributed by atoms with van der Waals surface area (Å²) < 4.78 is 5.29. The van der Waals surface area contributed by atoms with Gasteiger partial charge in [-0.1, -0.05) is 0 Å². The van der Waals surface area contributed by atoms with Crippen LogP contribution < -0.4 is 5.73 Å². The van der Waals surface area contributed by atoms with Crippen LogP contribution in [0.15, 0.2) is 5.38 Å². The van der Waals surface area contributed by atoms with E-state index in [-0.39, 0.29) is 11.7 Å². The summed E-state index contributed by atoms with van der Waals surface area (Å²) in [5.41, 5.74) is 6.01. The zero-order chi connectivity index (χ0) is 10.7. The van der Waals surface area contributed by atoms with E-state index in [1.807, 2.05) is 0 Å². The Morgan fingerprint density at radius 3 is 3.20 bits per heavy atom. The molecule has 2 rings (SSSR count). The smallest absolute Gasteiger partial charge is 0.187 e. The van der Waals surface area contributed by atoms with E-state index in [0.717, 1.165) is 24.5 Å². The molecule has 15 heavy (non-hydrogen) atoms. The minimum atomic E-state index is -0.00789. The van der Waals surface area contributed by atoms with Crippen molar-refractivity contribution in [1.82, 2.24) is 4.98 Å². The summed E-state index contributed by atoms with van der Waals surface area (Å²) in [7, 11) is 0. The maximum absolute atomic E-state index is 12.0. The fraction of sp³-hybridized carbons (Fsp3) is 0.600. The summed E-state index contributed by atoms with van der Waals surface area (Å²) in [6, 6.07) is 0. The average Bonchev–Trinajstić information content (AvgIpc) is 2.78.